The molecule has 4 rings (SSSR count). The number of amides is 2. The first-order chi connectivity index (χ1) is 22.1. The Hall–Kier alpha value is -4.34. The minimum atomic E-state index is -4.21. The first-order valence-corrected chi connectivity index (χ1v) is 17.1. The number of hydrogen-bond acceptors (Lipinski definition) is 5. The highest BCUT2D eigenvalue weighted by Crippen LogP contribution is 2.26. The quantitative estimate of drug-likeness (QED) is 0.157. The molecule has 0 saturated carbocycles. The van der Waals surface area contributed by atoms with Crippen molar-refractivity contribution in [3.05, 3.63) is 125 Å². The molecule has 1 N–H and O–H groups in total. The zero-order valence-corrected chi connectivity index (χ0v) is 27.9. The number of benzene rings is 4. The summed E-state index contributed by atoms with van der Waals surface area (Å²) in [6, 6.07) is 30.0. The van der Waals surface area contributed by atoms with E-state index in [0.29, 0.717) is 29.5 Å². The predicted octanol–water partition coefficient (Wildman–Crippen LogP) is 6.49. The maximum absolute atomic E-state index is 14.5. The molecule has 2 atom stereocenters. The zero-order chi connectivity index (χ0) is 33.1. The van der Waals surface area contributed by atoms with Gasteiger partial charge in [-0.15, -0.1) is 0 Å². The summed E-state index contributed by atoms with van der Waals surface area (Å²) in [5.74, 6) is -0.316. The Labute approximate surface area is 277 Å². The van der Waals surface area contributed by atoms with Gasteiger partial charge >= 0.3 is 0 Å². The lowest BCUT2D eigenvalue weighted by atomic mass is 10.0. The molecule has 0 aromatic heterocycles. The van der Waals surface area contributed by atoms with E-state index in [-0.39, 0.29) is 29.8 Å². The van der Waals surface area contributed by atoms with E-state index in [1.54, 1.807) is 66.7 Å². The highest BCUT2D eigenvalue weighted by Gasteiger charge is 2.35. The smallest absolute Gasteiger partial charge is 0.264 e. The van der Waals surface area contributed by atoms with Crippen molar-refractivity contribution in [1.29, 1.82) is 0 Å². The Morgan fingerprint density at radius 3 is 2.02 bits per heavy atom. The van der Waals surface area contributed by atoms with Crippen LogP contribution >= 0.6 is 11.6 Å². The zero-order valence-electron chi connectivity index (χ0n) is 26.3. The largest absolute Gasteiger partial charge is 0.494 e. The van der Waals surface area contributed by atoms with E-state index in [9.17, 15) is 18.0 Å². The fourth-order valence-corrected chi connectivity index (χ4v) is 6.45. The van der Waals surface area contributed by atoms with Crippen LogP contribution in [0.15, 0.2) is 114 Å². The Morgan fingerprint density at radius 1 is 0.826 bits per heavy atom. The second-order valence-corrected chi connectivity index (χ2v) is 13.2. The fourth-order valence-electron chi connectivity index (χ4n) is 4.91. The highest BCUT2D eigenvalue weighted by atomic mass is 35.5. The van der Waals surface area contributed by atoms with Gasteiger partial charge in [-0.1, -0.05) is 79.2 Å². The molecule has 0 aliphatic carbocycles. The topological polar surface area (TPSA) is 96.0 Å². The molecule has 0 aliphatic heterocycles. The van der Waals surface area contributed by atoms with Gasteiger partial charge in [0, 0.05) is 24.0 Å². The monoisotopic (exact) mass is 661 g/mol. The fraction of sp³-hybridized carbons (Fsp3) is 0.278. The van der Waals surface area contributed by atoms with Gasteiger partial charge in [0.15, 0.2) is 0 Å². The number of carbonyl (C=O) groups is 2. The molecule has 0 heterocycles. The van der Waals surface area contributed by atoms with E-state index in [1.165, 1.54) is 17.0 Å². The third-order valence-corrected chi connectivity index (χ3v) is 9.62. The second kappa shape index (κ2) is 16.3. The molecular formula is C36H40ClN3O5S. The lowest BCUT2D eigenvalue weighted by Crippen LogP contribution is -2.54. The first-order valence-electron chi connectivity index (χ1n) is 15.3. The van der Waals surface area contributed by atoms with Gasteiger partial charge in [0.05, 0.1) is 17.2 Å². The molecule has 8 nitrogen and oxygen atoms in total. The van der Waals surface area contributed by atoms with Gasteiger partial charge in [-0.3, -0.25) is 13.9 Å². The maximum atomic E-state index is 14.5. The molecule has 4 aromatic carbocycles. The van der Waals surface area contributed by atoms with Crippen molar-refractivity contribution in [3.63, 3.8) is 0 Å². The molecular weight excluding hydrogens is 622 g/mol. The van der Waals surface area contributed by atoms with E-state index in [4.69, 9.17) is 16.3 Å². The van der Waals surface area contributed by atoms with Crippen molar-refractivity contribution in [3.8, 4) is 5.75 Å². The number of ether oxygens (including phenoxy) is 1. The first kappa shape index (κ1) is 34.5. The molecule has 0 spiro atoms. The van der Waals surface area contributed by atoms with E-state index < -0.39 is 28.5 Å². The van der Waals surface area contributed by atoms with E-state index in [0.717, 1.165) is 15.4 Å². The van der Waals surface area contributed by atoms with E-state index in [1.807, 2.05) is 51.1 Å². The Kier molecular flexibility index (Phi) is 12.2. The molecule has 4 aromatic rings. The van der Waals surface area contributed by atoms with Crippen LogP contribution < -0.4 is 14.4 Å². The molecule has 242 valence electrons. The van der Waals surface area contributed by atoms with Crippen LogP contribution in [0.2, 0.25) is 5.02 Å². The average Bonchev–Trinajstić information content (AvgIpc) is 3.07. The summed E-state index contributed by atoms with van der Waals surface area (Å²) in [7, 11) is -4.21. The van der Waals surface area contributed by atoms with E-state index in [2.05, 4.69) is 5.32 Å². The van der Waals surface area contributed by atoms with Gasteiger partial charge in [0.1, 0.15) is 18.3 Å². The van der Waals surface area contributed by atoms with Crippen molar-refractivity contribution in [1.82, 2.24) is 10.2 Å². The number of nitrogens with one attached hydrogen (secondary N) is 1. The SMILES string of the molecule is CCOc1ccc(S(=O)(=O)N(CC(=O)N(Cc2ccc(Cl)cc2)[C@H](Cc2ccccc2)C(=O)N[C@H](C)CC)c2ccccc2)cc1. The molecule has 0 fully saturated rings. The number of nitrogens with zero attached hydrogens (tertiary/aromatic N) is 2. The lowest BCUT2D eigenvalue weighted by Gasteiger charge is -2.34. The van der Waals surface area contributed by atoms with Crippen LogP contribution in [0.4, 0.5) is 5.69 Å². The van der Waals surface area contributed by atoms with Crippen LogP contribution in [-0.4, -0.2) is 50.4 Å². The molecule has 0 unspecified atom stereocenters. The van der Waals surface area contributed by atoms with E-state index >= 15 is 0 Å². The van der Waals surface area contributed by atoms with Crippen molar-refractivity contribution < 1.29 is 22.7 Å². The van der Waals surface area contributed by atoms with Crippen LogP contribution in [0, 0.1) is 0 Å². The van der Waals surface area contributed by atoms with Crippen molar-refractivity contribution >= 4 is 39.1 Å². The minimum absolute atomic E-state index is 0.00667. The molecule has 0 saturated heterocycles. The van der Waals surface area contributed by atoms with Gasteiger partial charge < -0.3 is 15.0 Å². The van der Waals surface area contributed by atoms with Crippen molar-refractivity contribution in [2.75, 3.05) is 17.5 Å². The van der Waals surface area contributed by atoms with Crippen LogP contribution in [0.1, 0.15) is 38.3 Å². The van der Waals surface area contributed by atoms with Crippen LogP contribution in [0.5, 0.6) is 5.75 Å². The standard InChI is InChI=1S/C36H40ClN3O5S/c1-4-27(3)38-36(42)34(24-28-12-8-6-9-13-28)39(25-29-16-18-30(37)19-17-29)35(41)26-40(31-14-10-7-11-15-31)46(43,44)33-22-20-32(21-23-33)45-5-2/h6-23,27,34H,4-5,24-26H2,1-3H3,(H,38,42)/t27-,34-/m1/s1. The number of halogens is 1. The normalized spacial score (nSPS) is 12.5. The predicted molar refractivity (Wildman–Crippen MR) is 182 cm³/mol. The molecule has 0 radical (unpaired) electrons. The lowest BCUT2D eigenvalue weighted by molar-refractivity contribution is -0.140. The summed E-state index contributed by atoms with van der Waals surface area (Å²) in [6.45, 7) is 5.69. The van der Waals surface area contributed by atoms with Gasteiger partial charge in [-0.2, -0.15) is 0 Å². The van der Waals surface area contributed by atoms with Crippen molar-refractivity contribution in [2.24, 2.45) is 0 Å². The summed E-state index contributed by atoms with van der Waals surface area (Å²) in [5.41, 5.74) is 1.93. The molecule has 0 bridgehead atoms. The second-order valence-electron chi connectivity index (χ2n) is 10.9. The summed E-state index contributed by atoms with van der Waals surface area (Å²) in [4.78, 5) is 29.9. The highest BCUT2D eigenvalue weighted by molar-refractivity contribution is 7.92. The number of carbonyl (C=O) groups excluding carboxylic acids is 2. The number of sulfonamides is 1. The average molecular weight is 662 g/mol. The Bertz CT molecular complexity index is 1670. The summed E-state index contributed by atoms with van der Waals surface area (Å²) < 4.78 is 34.9. The maximum Gasteiger partial charge on any atom is 0.264 e. The van der Waals surface area contributed by atoms with Gasteiger partial charge in [0.2, 0.25) is 11.8 Å². The molecule has 0 aliphatic rings. The van der Waals surface area contributed by atoms with Gasteiger partial charge in [0.25, 0.3) is 10.0 Å². The minimum Gasteiger partial charge on any atom is -0.494 e. The van der Waals surface area contributed by atoms with Gasteiger partial charge in [-0.05, 0) is 79.9 Å². The summed E-state index contributed by atoms with van der Waals surface area (Å²) in [5, 5.41) is 3.57. The Morgan fingerprint density at radius 2 is 1.43 bits per heavy atom. The third kappa shape index (κ3) is 9.11. The van der Waals surface area contributed by atoms with Crippen LogP contribution in [0.3, 0.4) is 0 Å². The van der Waals surface area contributed by atoms with Crippen molar-refractivity contribution in [2.45, 2.75) is 57.1 Å². The Balaban J connectivity index is 1.77. The van der Waals surface area contributed by atoms with Crippen LogP contribution in [-0.2, 0) is 32.6 Å². The number of hydrogen-bond donors (Lipinski definition) is 1. The van der Waals surface area contributed by atoms with Gasteiger partial charge in [-0.25, -0.2) is 8.42 Å². The molecule has 10 heteroatoms. The number of rotatable bonds is 15. The molecule has 2 amide bonds. The molecule has 46 heavy (non-hydrogen) atoms. The summed E-state index contributed by atoms with van der Waals surface area (Å²) >= 11 is 6.15. The van der Waals surface area contributed by atoms with Crippen LogP contribution in [0.25, 0.3) is 0 Å². The third-order valence-electron chi connectivity index (χ3n) is 7.58. The number of para-hydroxylation sites is 1. The summed E-state index contributed by atoms with van der Waals surface area (Å²) in [6.07, 6.45) is 0.941. The number of anilines is 1.